The summed E-state index contributed by atoms with van der Waals surface area (Å²) in [4.78, 5) is 22.5. The molecule has 0 fully saturated rings. The Kier molecular flexibility index (Phi) is 19.3. The summed E-state index contributed by atoms with van der Waals surface area (Å²) >= 11 is 0. The number of esters is 1. The highest BCUT2D eigenvalue weighted by molar-refractivity contribution is 5.82. The molecule has 0 aromatic heterocycles. The molecule has 0 unspecified atom stereocenters. The van der Waals surface area contributed by atoms with E-state index in [1.54, 1.807) is 0 Å². The van der Waals surface area contributed by atoms with Gasteiger partial charge in [0.15, 0.2) is 0 Å². The van der Waals surface area contributed by atoms with E-state index in [4.69, 9.17) is 4.74 Å². The van der Waals surface area contributed by atoms with Crippen LogP contribution in [0.25, 0.3) is 0 Å². The highest BCUT2D eigenvalue weighted by Crippen LogP contribution is 2.13. The summed E-state index contributed by atoms with van der Waals surface area (Å²) in [6.45, 7) is 5.77. The molecule has 26 heavy (non-hydrogen) atoms. The number of Topliss-reactive ketones (excluding diaryl/α,β-unsaturated/α-hetero) is 1. The van der Waals surface area contributed by atoms with Crippen LogP contribution >= 0.6 is 0 Å². The molecule has 0 heterocycles. The molecule has 0 spiro atoms. The second kappa shape index (κ2) is 20.2. The third-order valence-electron chi connectivity index (χ3n) is 4.85. The summed E-state index contributed by atoms with van der Waals surface area (Å²) in [7, 11) is 0. The molecule has 3 nitrogen and oxygen atoms in total. The molecule has 0 aromatic rings. The molecular weight excluding hydrogens is 324 g/mol. The predicted molar refractivity (Wildman–Crippen MR) is 110 cm³/mol. The summed E-state index contributed by atoms with van der Waals surface area (Å²) in [5.74, 6) is -0.263. The van der Waals surface area contributed by atoms with Crippen molar-refractivity contribution in [3.8, 4) is 0 Å². The van der Waals surface area contributed by atoms with E-state index in [2.05, 4.69) is 13.5 Å². The van der Waals surface area contributed by atoms with Gasteiger partial charge in [-0.15, -0.1) is 0 Å². The fraction of sp³-hybridized carbons (Fsp3) is 0.826. The maximum Gasteiger partial charge on any atom is 0.330 e. The van der Waals surface area contributed by atoms with E-state index >= 15 is 0 Å². The molecule has 3 heteroatoms. The Morgan fingerprint density at radius 1 is 0.692 bits per heavy atom. The first kappa shape index (κ1) is 24.9. The molecule has 0 atom stereocenters. The lowest BCUT2D eigenvalue weighted by atomic mass is 10.0. The van der Waals surface area contributed by atoms with E-state index in [1.807, 2.05) is 0 Å². The lowest BCUT2D eigenvalue weighted by Gasteiger charge is -2.04. The number of carbonyl (C=O) groups is 2. The molecule has 0 saturated carbocycles. The molecule has 0 N–H and O–H groups in total. The smallest absolute Gasteiger partial charge is 0.330 e. The lowest BCUT2D eigenvalue weighted by Crippen LogP contribution is -2.07. The average Bonchev–Trinajstić information content (AvgIpc) is 2.64. The quantitative estimate of drug-likeness (QED) is 0.133. The zero-order valence-corrected chi connectivity index (χ0v) is 17.2. The third-order valence-corrected chi connectivity index (χ3v) is 4.85. The Hall–Kier alpha value is -1.12. The summed E-state index contributed by atoms with van der Waals surface area (Å²) in [6.07, 6.45) is 22.0. The van der Waals surface area contributed by atoms with Gasteiger partial charge in [-0.2, -0.15) is 0 Å². The molecule has 0 bridgehead atoms. The van der Waals surface area contributed by atoms with E-state index in [-0.39, 0.29) is 12.4 Å². The second-order valence-corrected chi connectivity index (χ2v) is 7.36. The maximum atomic E-state index is 11.6. The van der Waals surface area contributed by atoms with Gasteiger partial charge in [0.2, 0.25) is 0 Å². The van der Waals surface area contributed by atoms with Crippen molar-refractivity contribution >= 4 is 11.8 Å². The van der Waals surface area contributed by atoms with Gasteiger partial charge in [-0.05, 0) is 6.42 Å². The molecular formula is C23H42O3. The molecule has 0 amide bonds. The van der Waals surface area contributed by atoms with Gasteiger partial charge < -0.3 is 4.74 Å². The van der Waals surface area contributed by atoms with E-state index in [0.29, 0.717) is 12.8 Å². The van der Waals surface area contributed by atoms with Gasteiger partial charge in [0.25, 0.3) is 0 Å². The molecule has 0 aromatic carbocycles. The number of hydrogen-bond donors (Lipinski definition) is 0. The van der Waals surface area contributed by atoms with Crippen LogP contribution in [0.3, 0.4) is 0 Å². The molecule has 0 aliphatic heterocycles. The Morgan fingerprint density at radius 2 is 1.12 bits per heavy atom. The van der Waals surface area contributed by atoms with E-state index in [0.717, 1.165) is 18.9 Å². The van der Waals surface area contributed by atoms with Gasteiger partial charge in [0.05, 0.1) is 6.61 Å². The van der Waals surface area contributed by atoms with Gasteiger partial charge in [-0.1, -0.05) is 103 Å². The number of hydrogen-bond acceptors (Lipinski definition) is 3. The first-order valence-electron chi connectivity index (χ1n) is 11.0. The molecule has 152 valence electrons. The lowest BCUT2D eigenvalue weighted by molar-refractivity contribution is -0.138. The SMILES string of the molecule is C=CC(=O)OCCC(=O)CCCCCCCCCCCCCCCCC. The number of carbonyl (C=O) groups excluding carboxylic acids is 2. The fourth-order valence-electron chi connectivity index (χ4n) is 3.14. The van der Waals surface area contributed by atoms with Crippen molar-refractivity contribution in [3.05, 3.63) is 12.7 Å². The van der Waals surface area contributed by atoms with Gasteiger partial charge in [-0.3, -0.25) is 4.79 Å². The van der Waals surface area contributed by atoms with Crippen molar-refractivity contribution in [2.75, 3.05) is 6.61 Å². The topological polar surface area (TPSA) is 43.4 Å². The van der Waals surface area contributed by atoms with Crippen molar-refractivity contribution < 1.29 is 14.3 Å². The summed E-state index contributed by atoms with van der Waals surface area (Å²) in [5.41, 5.74) is 0. The Morgan fingerprint density at radius 3 is 1.54 bits per heavy atom. The molecule has 0 radical (unpaired) electrons. The van der Waals surface area contributed by atoms with Crippen LogP contribution in [0.5, 0.6) is 0 Å². The zero-order chi connectivity index (χ0) is 19.3. The zero-order valence-electron chi connectivity index (χ0n) is 17.2. The van der Waals surface area contributed by atoms with Crippen LogP contribution < -0.4 is 0 Å². The Bertz CT molecular complexity index is 349. The van der Waals surface area contributed by atoms with Gasteiger partial charge >= 0.3 is 5.97 Å². The molecule has 0 saturated heterocycles. The third kappa shape index (κ3) is 19.2. The number of unbranched alkanes of at least 4 members (excludes halogenated alkanes) is 14. The maximum absolute atomic E-state index is 11.6. The van der Waals surface area contributed by atoms with Gasteiger partial charge in [0, 0.05) is 18.9 Å². The van der Waals surface area contributed by atoms with E-state index < -0.39 is 5.97 Å². The van der Waals surface area contributed by atoms with Gasteiger partial charge in [0.1, 0.15) is 5.78 Å². The predicted octanol–water partition coefficient (Wildman–Crippen LogP) is 6.94. The normalized spacial score (nSPS) is 10.7. The second-order valence-electron chi connectivity index (χ2n) is 7.36. The van der Waals surface area contributed by atoms with Crippen molar-refractivity contribution in [1.82, 2.24) is 0 Å². The largest absolute Gasteiger partial charge is 0.462 e. The minimum absolute atomic E-state index is 0.183. The number of ketones is 1. The van der Waals surface area contributed by atoms with Crippen LogP contribution in [0.4, 0.5) is 0 Å². The first-order chi connectivity index (χ1) is 12.7. The molecule has 0 aliphatic carbocycles. The van der Waals surface area contributed by atoms with Crippen molar-refractivity contribution in [1.29, 1.82) is 0 Å². The van der Waals surface area contributed by atoms with Crippen molar-refractivity contribution in [2.45, 2.75) is 116 Å². The van der Waals surface area contributed by atoms with Crippen LogP contribution in [0.1, 0.15) is 116 Å². The van der Waals surface area contributed by atoms with E-state index in [9.17, 15) is 9.59 Å². The Labute approximate surface area is 162 Å². The minimum Gasteiger partial charge on any atom is -0.462 e. The minimum atomic E-state index is -0.454. The first-order valence-corrected chi connectivity index (χ1v) is 11.0. The molecule has 0 rings (SSSR count). The summed E-state index contributed by atoms with van der Waals surface area (Å²) in [6, 6.07) is 0. The standard InChI is InChI=1S/C23H42O3/c1-3-5-6-7-8-9-10-11-12-13-14-15-16-17-18-19-22(24)20-21-26-23(25)4-2/h4H,2-3,5-21H2,1H3. The summed E-state index contributed by atoms with van der Waals surface area (Å²) in [5, 5.41) is 0. The van der Waals surface area contributed by atoms with Crippen LogP contribution in [0, 0.1) is 0 Å². The van der Waals surface area contributed by atoms with E-state index in [1.165, 1.54) is 83.5 Å². The Balaban J connectivity index is 3.16. The molecule has 0 aliphatic rings. The number of rotatable bonds is 20. The number of ether oxygens (including phenoxy) is 1. The summed E-state index contributed by atoms with van der Waals surface area (Å²) < 4.78 is 4.81. The van der Waals surface area contributed by atoms with Crippen molar-refractivity contribution in [3.63, 3.8) is 0 Å². The van der Waals surface area contributed by atoms with Crippen LogP contribution in [-0.2, 0) is 14.3 Å². The highest BCUT2D eigenvalue weighted by atomic mass is 16.5. The monoisotopic (exact) mass is 366 g/mol. The van der Waals surface area contributed by atoms with Crippen LogP contribution in [0.15, 0.2) is 12.7 Å². The van der Waals surface area contributed by atoms with Crippen molar-refractivity contribution in [2.24, 2.45) is 0 Å². The highest BCUT2D eigenvalue weighted by Gasteiger charge is 2.03. The van der Waals surface area contributed by atoms with Crippen LogP contribution in [0.2, 0.25) is 0 Å². The fourth-order valence-corrected chi connectivity index (χ4v) is 3.14. The van der Waals surface area contributed by atoms with Crippen LogP contribution in [-0.4, -0.2) is 18.4 Å². The average molecular weight is 367 g/mol. The van der Waals surface area contributed by atoms with Gasteiger partial charge in [-0.25, -0.2) is 4.79 Å².